The molecule has 25 heavy (non-hydrogen) atoms. The van der Waals surface area contributed by atoms with Crippen LogP contribution in [0.3, 0.4) is 0 Å². The van der Waals surface area contributed by atoms with E-state index in [0.717, 1.165) is 0 Å². The first-order valence-electron chi connectivity index (χ1n) is 7.44. The van der Waals surface area contributed by atoms with Crippen LogP contribution >= 0.6 is 11.6 Å². The Balaban J connectivity index is 1.83. The first kappa shape index (κ1) is 17.7. The van der Waals surface area contributed by atoms with Crippen molar-refractivity contribution in [3.8, 4) is 11.5 Å². The lowest BCUT2D eigenvalue weighted by Crippen LogP contribution is -2.26. The van der Waals surface area contributed by atoms with E-state index in [1.807, 2.05) is 0 Å². The lowest BCUT2D eigenvalue weighted by molar-refractivity contribution is 0.101. The Kier molecular flexibility index (Phi) is 4.73. The first-order valence-corrected chi connectivity index (χ1v) is 9.26. The van der Waals surface area contributed by atoms with Crippen molar-refractivity contribution in [2.45, 2.75) is 18.4 Å². The number of sulfonamides is 1. The van der Waals surface area contributed by atoms with Crippen molar-refractivity contribution >= 4 is 27.4 Å². The molecule has 1 heterocycles. The fraction of sp³-hybridized carbons (Fsp3) is 0.235. The number of fused-ring (bicyclic) bond motifs is 1. The van der Waals surface area contributed by atoms with Gasteiger partial charge >= 0.3 is 0 Å². The molecule has 0 atom stereocenters. The minimum atomic E-state index is -3.70. The molecule has 0 radical (unpaired) electrons. The normalized spacial score (nSPS) is 13.3. The summed E-state index contributed by atoms with van der Waals surface area (Å²) in [6, 6.07) is 9.21. The number of nitrogens with zero attached hydrogens (tertiary/aromatic N) is 1. The Morgan fingerprint density at radius 3 is 2.52 bits per heavy atom. The number of ketones is 1. The predicted octanol–water partition coefficient (Wildman–Crippen LogP) is 3.09. The molecule has 0 N–H and O–H groups in total. The van der Waals surface area contributed by atoms with Crippen LogP contribution in [0, 0.1) is 0 Å². The zero-order valence-electron chi connectivity index (χ0n) is 13.7. The van der Waals surface area contributed by atoms with Crippen LogP contribution in [0.15, 0.2) is 41.3 Å². The first-order chi connectivity index (χ1) is 11.8. The Labute approximate surface area is 151 Å². The van der Waals surface area contributed by atoms with E-state index in [2.05, 4.69) is 0 Å². The highest BCUT2D eigenvalue weighted by atomic mass is 35.5. The maximum atomic E-state index is 12.7. The van der Waals surface area contributed by atoms with Gasteiger partial charge in [0.05, 0.1) is 9.92 Å². The fourth-order valence-electron chi connectivity index (χ4n) is 2.50. The average molecular weight is 382 g/mol. The summed E-state index contributed by atoms with van der Waals surface area (Å²) in [6.07, 6.45) is 0. The van der Waals surface area contributed by atoms with E-state index in [9.17, 15) is 13.2 Å². The van der Waals surface area contributed by atoms with Gasteiger partial charge in [-0.3, -0.25) is 4.79 Å². The third-order valence-electron chi connectivity index (χ3n) is 3.86. The number of hydrogen-bond acceptors (Lipinski definition) is 5. The molecule has 2 aromatic rings. The molecule has 0 saturated carbocycles. The molecule has 1 aliphatic rings. The third kappa shape index (κ3) is 3.49. The number of Topliss-reactive ketones (excluding diaryl/α,β-unsaturated/α-hetero) is 1. The molecule has 8 heteroatoms. The van der Waals surface area contributed by atoms with Crippen LogP contribution in [0.2, 0.25) is 5.02 Å². The number of halogens is 1. The Morgan fingerprint density at radius 2 is 1.88 bits per heavy atom. The van der Waals surface area contributed by atoms with Gasteiger partial charge in [0.2, 0.25) is 16.8 Å². The highest BCUT2D eigenvalue weighted by molar-refractivity contribution is 7.89. The second-order valence-corrected chi connectivity index (χ2v) is 8.11. The Morgan fingerprint density at radius 1 is 1.20 bits per heavy atom. The van der Waals surface area contributed by atoms with Gasteiger partial charge in [0.25, 0.3) is 0 Å². The fourth-order valence-corrected chi connectivity index (χ4v) is 3.94. The van der Waals surface area contributed by atoms with Crippen LogP contribution in [-0.4, -0.2) is 32.3 Å². The second-order valence-electron chi connectivity index (χ2n) is 5.65. The summed E-state index contributed by atoms with van der Waals surface area (Å²) in [4.78, 5) is 11.4. The van der Waals surface area contributed by atoms with Gasteiger partial charge < -0.3 is 9.47 Å². The molecule has 0 bridgehead atoms. The summed E-state index contributed by atoms with van der Waals surface area (Å²) in [5.41, 5.74) is 1.14. The van der Waals surface area contributed by atoms with Gasteiger partial charge in [-0.1, -0.05) is 23.7 Å². The van der Waals surface area contributed by atoms with Crippen molar-refractivity contribution in [3.63, 3.8) is 0 Å². The van der Waals surface area contributed by atoms with E-state index in [1.54, 1.807) is 12.1 Å². The monoisotopic (exact) mass is 381 g/mol. The molecule has 0 amide bonds. The van der Waals surface area contributed by atoms with E-state index in [0.29, 0.717) is 27.6 Å². The van der Waals surface area contributed by atoms with Crippen molar-refractivity contribution in [1.29, 1.82) is 0 Å². The highest BCUT2D eigenvalue weighted by Gasteiger charge is 2.23. The molecule has 0 unspecified atom stereocenters. The lowest BCUT2D eigenvalue weighted by atomic mass is 10.2. The summed E-state index contributed by atoms with van der Waals surface area (Å²) < 4.78 is 37.1. The zero-order chi connectivity index (χ0) is 18.2. The molecule has 0 saturated heterocycles. The summed E-state index contributed by atoms with van der Waals surface area (Å²) in [5.74, 6) is 0.849. The molecule has 0 aromatic heterocycles. The number of carbonyl (C=O) groups is 1. The highest BCUT2D eigenvalue weighted by Crippen LogP contribution is 2.40. The van der Waals surface area contributed by atoms with E-state index < -0.39 is 10.0 Å². The number of rotatable bonds is 5. The van der Waals surface area contributed by atoms with E-state index >= 15 is 0 Å². The molecule has 0 fully saturated rings. The quantitative estimate of drug-likeness (QED) is 0.744. The number of hydrogen-bond donors (Lipinski definition) is 0. The molecule has 132 valence electrons. The van der Waals surface area contributed by atoms with Crippen LogP contribution in [0.25, 0.3) is 0 Å². The summed E-state index contributed by atoms with van der Waals surface area (Å²) >= 11 is 6.13. The van der Waals surface area contributed by atoms with Gasteiger partial charge in [-0.2, -0.15) is 4.31 Å². The molecular formula is C17H16ClNO5S. The summed E-state index contributed by atoms with van der Waals surface area (Å²) in [7, 11) is -2.22. The van der Waals surface area contributed by atoms with Gasteiger partial charge in [0.15, 0.2) is 17.3 Å². The van der Waals surface area contributed by atoms with Crippen LogP contribution in [-0.2, 0) is 16.6 Å². The van der Waals surface area contributed by atoms with Crippen LogP contribution in [0.1, 0.15) is 22.8 Å². The van der Waals surface area contributed by atoms with E-state index in [4.69, 9.17) is 21.1 Å². The largest absolute Gasteiger partial charge is 0.454 e. The molecule has 0 spiro atoms. The number of carbonyl (C=O) groups excluding carboxylic acids is 1. The van der Waals surface area contributed by atoms with Gasteiger partial charge in [0.1, 0.15) is 0 Å². The average Bonchev–Trinajstić information content (AvgIpc) is 3.04. The molecule has 0 aliphatic carbocycles. The number of benzene rings is 2. The van der Waals surface area contributed by atoms with Crippen LogP contribution in [0.4, 0.5) is 0 Å². The second kappa shape index (κ2) is 6.67. The minimum absolute atomic E-state index is 0.0924. The summed E-state index contributed by atoms with van der Waals surface area (Å²) in [6.45, 7) is 1.64. The standard InChI is InChI=1S/C17H16ClNO5S/c1-11(20)13-3-5-14(6-4-13)25(21,22)19(2)9-12-7-15(18)17-16(8-12)23-10-24-17/h3-8H,9-10H2,1-2H3. The minimum Gasteiger partial charge on any atom is -0.454 e. The maximum absolute atomic E-state index is 12.7. The maximum Gasteiger partial charge on any atom is 0.243 e. The SMILES string of the molecule is CC(=O)c1ccc(S(=O)(=O)N(C)Cc2cc(Cl)c3c(c2)OCO3)cc1. The van der Waals surface area contributed by atoms with Crippen molar-refractivity contribution in [2.24, 2.45) is 0 Å². The topological polar surface area (TPSA) is 72.9 Å². The molecule has 3 rings (SSSR count). The Hall–Kier alpha value is -2.09. The van der Waals surface area contributed by atoms with Crippen molar-refractivity contribution < 1.29 is 22.7 Å². The third-order valence-corrected chi connectivity index (χ3v) is 5.96. The molecular weight excluding hydrogens is 366 g/mol. The molecule has 2 aromatic carbocycles. The van der Waals surface area contributed by atoms with Gasteiger partial charge in [0, 0.05) is 19.2 Å². The predicted molar refractivity (Wildman–Crippen MR) is 92.7 cm³/mol. The van der Waals surface area contributed by atoms with E-state index in [-0.39, 0.29) is 24.0 Å². The zero-order valence-corrected chi connectivity index (χ0v) is 15.2. The van der Waals surface area contributed by atoms with Gasteiger partial charge in [-0.05, 0) is 36.8 Å². The van der Waals surface area contributed by atoms with Crippen molar-refractivity contribution in [2.75, 3.05) is 13.8 Å². The van der Waals surface area contributed by atoms with Crippen LogP contribution in [0.5, 0.6) is 11.5 Å². The lowest BCUT2D eigenvalue weighted by Gasteiger charge is -2.18. The van der Waals surface area contributed by atoms with Gasteiger partial charge in [-0.25, -0.2) is 8.42 Å². The Bertz CT molecular complexity index is 925. The number of ether oxygens (including phenoxy) is 2. The van der Waals surface area contributed by atoms with E-state index in [1.165, 1.54) is 42.5 Å². The van der Waals surface area contributed by atoms with Crippen molar-refractivity contribution in [3.05, 3.63) is 52.5 Å². The smallest absolute Gasteiger partial charge is 0.243 e. The summed E-state index contributed by atoms with van der Waals surface area (Å²) in [5, 5.41) is 0.376. The van der Waals surface area contributed by atoms with Gasteiger partial charge in [-0.15, -0.1) is 0 Å². The molecule has 6 nitrogen and oxygen atoms in total. The van der Waals surface area contributed by atoms with Crippen molar-refractivity contribution in [1.82, 2.24) is 4.31 Å². The molecule has 1 aliphatic heterocycles. The van der Waals surface area contributed by atoms with Crippen LogP contribution < -0.4 is 9.47 Å².